The molecule has 0 saturated carbocycles. The minimum Gasteiger partial charge on any atom is -0.345 e. The Morgan fingerprint density at radius 2 is 1.64 bits per heavy atom. The molecule has 2 nitrogen and oxygen atoms in total. The zero-order chi connectivity index (χ0) is 15.3. The van der Waals surface area contributed by atoms with Gasteiger partial charge in [0.25, 0.3) is 0 Å². The Morgan fingerprint density at radius 1 is 0.909 bits per heavy atom. The number of anilines is 2. The Labute approximate surface area is 135 Å². The summed E-state index contributed by atoms with van der Waals surface area (Å²) in [5.74, 6) is 0. The van der Waals surface area contributed by atoms with Crippen molar-refractivity contribution in [1.29, 1.82) is 0 Å². The highest BCUT2D eigenvalue weighted by molar-refractivity contribution is 8.20. The molecule has 4 rings (SSSR count). The Hall–Kier alpha value is -1.67. The molecule has 0 aromatic heterocycles. The quantitative estimate of drug-likeness (QED) is 0.629. The van der Waals surface area contributed by atoms with Gasteiger partial charge in [0.05, 0.1) is 11.4 Å². The summed E-state index contributed by atoms with van der Waals surface area (Å²) >= 11 is 6.11. The molecule has 0 aliphatic carbocycles. The molecule has 110 valence electrons. The fourth-order valence-electron chi connectivity index (χ4n) is 3.26. The van der Waals surface area contributed by atoms with Crippen molar-refractivity contribution in [2.24, 2.45) is 0 Å². The minimum atomic E-state index is -2.27. The average molecular weight is 325 g/mol. The number of rotatable bonds is 1. The summed E-state index contributed by atoms with van der Waals surface area (Å²) in [6.45, 7) is 0. The van der Waals surface area contributed by atoms with E-state index in [9.17, 15) is 0 Å². The molecule has 1 aliphatic rings. The van der Waals surface area contributed by atoms with Crippen LogP contribution in [0.2, 0.25) is 0 Å². The standard InChI is InChI=1S/C18H16NOPS/c1-19-15-9-5-6-10-17(15)21(22,20-2)18-14-8-4-3-7-13(14)11-12-16(18)19/h3-12H,1-2H3. The molecule has 0 N–H and O–H groups in total. The normalized spacial score (nSPS) is 19.8. The van der Waals surface area contributed by atoms with Crippen molar-refractivity contribution in [3.63, 3.8) is 0 Å². The highest BCUT2D eigenvalue weighted by Crippen LogP contribution is 2.54. The molecule has 1 aliphatic heterocycles. The molecular weight excluding hydrogens is 309 g/mol. The Balaban J connectivity index is 2.18. The van der Waals surface area contributed by atoms with Gasteiger partial charge >= 0.3 is 0 Å². The molecule has 0 saturated heterocycles. The molecule has 4 heteroatoms. The average Bonchev–Trinajstić information content (AvgIpc) is 2.59. The third-order valence-corrected chi connectivity index (χ3v) is 8.52. The molecule has 22 heavy (non-hydrogen) atoms. The van der Waals surface area contributed by atoms with E-state index in [1.165, 1.54) is 16.1 Å². The first-order chi connectivity index (χ1) is 10.7. The predicted molar refractivity (Wildman–Crippen MR) is 99.0 cm³/mol. The van der Waals surface area contributed by atoms with E-state index in [4.69, 9.17) is 16.3 Å². The lowest BCUT2D eigenvalue weighted by molar-refractivity contribution is 0.472. The molecule has 1 heterocycles. The lowest BCUT2D eigenvalue weighted by Crippen LogP contribution is -2.33. The molecule has 0 fully saturated rings. The summed E-state index contributed by atoms with van der Waals surface area (Å²) in [6.07, 6.45) is -2.27. The molecule has 0 amide bonds. The number of benzene rings is 3. The van der Waals surface area contributed by atoms with Crippen molar-refractivity contribution >= 4 is 50.8 Å². The number of hydrogen-bond donors (Lipinski definition) is 0. The largest absolute Gasteiger partial charge is 0.345 e. The molecule has 0 bridgehead atoms. The van der Waals surface area contributed by atoms with Gasteiger partial charge < -0.3 is 9.42 Å². The van der Waals surface area contributed by atoms with Crippen LogP contribution < -0.4 is 15.5 Å². The van der Waals surface area contributed by atoms with Crippen LogP contribution in [0.3, 0.4) is 0 Å². The SMILES string of the molecule is COP1(=S)c2ccccc2N(C)c2ccc3ccccc3c21. The maximum atomic E-state index is 6.11. The number of hydrogen-bond acceptors (Lipinski definition) is 3. The molecule has 3 aromatic carbocycles. The van der Waals surface area contributed by atoms with Crippen molar-refractivity contribution < 1.29 is 4.52 Å². The van der Waals surface area contributed by atoms with Crippen LogP contribution in [0.15, 0.2) is 60.7 Å². The molecule has 0 spiro atoms. The van der Waals surface area contributed by atoms with Gasteiger partial charge in [-0.05, 0) is 29.0 Å². The number of nitrogens with zero attached hydrogens (tertiary/aromatic N) is 1. The van der Waals surface area contributed by atoms with Crippen molar-refractivity contribution in [2.75, 3.05) is 19.1 Å². The third kappa shape index (κ3) is 1.73. The summed E-state index contributed by atoms with van der Waals surface area (Å²) < 4.78 is 5.99. The van der Waals surface area contributed by atoms with Crippen molar-refractivity contribution in [2.45, 2.75) is 0 Å². The summed E-state index contributed by atoms with van der Waals surface area (Å²) in [7, 11) is 3.84. The fraction of sp³-hybridized carbons (Fsp3) is 0.111. The lowest BCUT2D eigenvalue weighted by Gasteiger charge is -2.37. The minimum absolute atomic E-state index is 1.14. The lowest BCUT2D eigenvalue weighted by atomic mass is 10.1. The zero-order valence-corrected chi connectivity index (χ0v) is 14.2. The monoisotopic (exact) mass is 325 g/mol. The van der Waals surface area contributed by atoms with Crippen molar-refractivity contribution in [3.05, 3.63) is 60.7 Å². The van der Waals surface area contributed by atoms with Gasteiger partial charge in [0, 0.05) is 24.8 Å². The van der Waals surface area contributed by atoms with Crippen LogP contribution in [0.25, 0.3) is 10.8 Å². The predicted octanol–water partition coefficient (Wildman–Crippen LogP) is 3.91. The summed E-state index contributed by atoms with van der Waals surface area (Å²) in [5.41, 5.74) is 2.30. The summed E-state index contributed by atoms with van der Waals surface area (Å²) in [5, 5.41) is 4.72. The Morgan fingerprint density at radius 3 is 2.45 bits per heavy atom. The van der Waals surface area contributed by atoms with E-state index in [0.717, 1.165) is 16.7 Å². The van der Waals surface area contributed by atoms with Crippen LogP contribution in [0.1, 0.15) is 0 Å². The summed E-state index contributed by atoms with van der Waals surface area (Å²) in [4.78, 5) is 2.22. The van der Waals surface area contributed by atoms with Crippen LogP contribution in [-0.4, -0.2) is 14.2 Å². The highest BCUT2D eigenvalue weighted by atomic mass is 32.4. The second-order valence-corrected chi connectivity index (χ2v) is 9.38. The van der Waals surface area contributed by atoms with E-state index in [1.807, 2.05) is 6.07 Å². The van der Waals surface area contributed by atoms with Gasteiger partial charge in [0.1, 0.15) is 6.26 Å². The second kappa shape index (κ2) is 4.92. The van der Waals surface area contributed by atoms with E-state index in [0.29, 0.717) is 0 Å². The van der Waals surface area contributed by atoms with Gasteiger partial charge in [0.2, 0.25) is 0 Å². The smallest absolute Gasteiger partial charge is 0.127 e. The first-order valence-electron chi connectivity index (χ1n) is 7.18. The first-order valence-corrected chi connectivity index (χ1v) is 9.90. The van der Waals surface area contributed by atoms with Gasteiger partial charge in [-0.25, -0.2) is 0 Å². The first kappa shape index (κ1) is 14.0. The van der Waals surface area contributed by atoms with E-state index in [-0.39, 0.29) is 0 Å². The topological polar surface area (TPSA) is 12.5 Å². The highest BCUT2D eigenvalue weighted by Gasteiger charge is 2.35. The van der Waals surface area contributed by atoms with E-state index in [1.54, 1.807) is 7.11 Å². The molecule has 1 unspecified atom stereocenters. The van der Waals surface area contributed by atoms with Gasteiger partial charge in [-0.2, -0.15) is 0 Å². The van der Waals surface area contributed by atoms with Crippen LogP contribution in [0.4, 0.5) is 11.4 Å². The van der Waals surface area contributed by atoms with Gasteiger partial charge in [0.15, 0.2) is 0 Å². The van der Waals surface area contributed by atoms with E-state index in [2.05, 4.69) is 66.5 Å². The van der Waals surface area contributed by atoms with Gasteiger partial charge in [-0.3, -0.25) is 0 Å². The second-order valence-electron chi connectivity index (χ2n) is 5.44. The maximum absolute atomic E-state index is 6.11. The Kier molecular flexibility index (Phi) is 3.12. The summed E-state index contributed by atoms with van der Waals surface area (Å²) in [6, 6.07) is 21.1. The van der Waals surface area contributed by atoms with Gasteiger partial charge in [-0.15, -0.1) is 0 Å². The molecule has 1 atom stereocenters. The third-order valence-electron chi connectivity index (χ3n) is 4.35. The van der Waals surface area contributed by atoms with E-state index >= 15 is 0 Å². The van der Waals surface area contributed by atoms with Crippen LogP contribution in [0.5, 0.6) is 0 Å². The van der Waals surface area contributed by atoms with Crippen LogP contribution >= 0.6 is 6.26 Å². The van der Waals surface area contributed by atoms with Crippen LogP contribution in [0, 0.1) is 0 Å². The maximum Gasteiger partial charge on any atom is 0.127 e. The molecule has 3 aromatic rings. The number of para-hydroxylation sites is 1. The van der Waals surface area contributed by atoms with E-state index < -0.39 is 6.26 Å². The van der Waals surface area contributed by atoms with Crippen LogP contribution in [-0.2, 0) is 16.3 Å². The molecular formula is C18H16NOPS. The van der Waals surface area contributed by atoms with Crippen molar-refractivity contribution in [1.82, 2.24) is 0 Å². The Bertz CT molecular complexity index is 937. The van der Waals surface area contributed by atoms with Crippen molar-refractivity contribution in [3.8, 4) is 0 Å². The zero-order valence-electron chi connectivity index (χ0n) is 12.5. The molecule has 0 radical (unpaired) electrons. The fourth-order valence-corrected chi connectivity index (χ4v) is 6.77. The van der Waals surface area contributed by atoms with Gasteiger partial charge in [-0.1, -0.05) is 54.3 Å². The number of fused-ring (bicyclic) bond motifs is 4.